The minimum atomic E-state index is -3.41. The maximum atomic E-state index is 11.5. The first-order chi connectivity index (χ1) is 15.7. The van der Waals surface area contributed by atoms with Gasteiger partial charge in [0, 0.05) is 44.4 Å². The van der Waals surface area contributed by atoms with E-state index in [2.05, 4.69) is 59.0 Å². The maximum Gasteiger partial charge on any atom is 0.229 e. The van der Waals surface area contributed by atoms with Gasteiger partial charge >= 0.3 is 0 Å². The summed E-state index contributed by atoms with van der Waals surface area (Å²) in [5.74, 6) is 0.764. The standard InChI is InChI=1S/C23H23Br2N3O4S/c1-33(30,31)28-22-10-14(2-7-19(22)25)23(29)13-26-8-9-32-16-4-6-18-17-5-3-15(24)11-20(17)27-21(18)12-16/h2-7,10-12,23,26-29H,8-9,13H2,1H3/t23-/m1/s1. The third-order valence-electron chi connectivity index (χ3n) is 5.09. The van der Waals surface area contributed by atoms with Crippen molar-refractivity contribution in [2.45, 2.75) is 6.10 Å². The molecule has 1 aromatic heterocycles. The van der Waals surface area contributed by atoms with E-state index in [-0.39, 0.29) is 0 Å². The van der Waals surface area contributed by atoms with Crippen molar-refractivity contribution in [1.82, 2.24) is 10.3 Å². The van der Waals surface area contributed by atoms with Gasteiger partial charge < -0.3 is 20.1 Å². The molecular formula is C23H23Br2N3O4S. The van der Waals surface area contributed by atoms with Gasteiger partial charge in [0.1, 0.15) is 12.4 Å². The third-order valence-corrected chi connectivity index (χ3v) is 6.86. The maximum absolute atomic E-state index is 11.5. The lowest BCUT2D eigenvalue weighted by Crippen LogP contribution is -2.26. The van der Waals surface area contributed by atoms with Crippen LogP contribution in [0.5, 0.6) is 5.75 Å². The number of hydrogen-bond acceptors (Lipinski definition) is 5. The van der Waals surface area contributed by atoms with Crippen LogP contribution in [0.25, 0.3) is 21.8 Å². The largest absolute Gasteiger partial charge is 0.492 e. The Labute approximate surface area is 208 Å². The minimum absolute atomic E-state index is 0.305. The second-order valence-electron chi connectivity index (χ2n) is 7.70. The lowest BCUT2D eigenvalue weighted by atomic mass is 10.1. The van der Waals surface area contributed by atoms with Gasteiger partial charge in [0.2, 0.25) is 10.0 Å². The van der Waals surface area contributed by atoms with Gasteiger partial charge in [0.25, 0.3) is 0 Å². The molecule has 0 aliphatic carbocycles. The third kappa shape index (κ3) is 6.07. The summed E-state index contributed by atoms with van der Waals surface area (Å²) in [6.45, 7) is 1.28. The van der Waals surface area contributed by atoms with Crippen molar-refractivity contribution < 1.29 is 18.3 Å². The molecule has 0 bridgehead atoms. The Morgan fingerprint density at radius 2 is 1.76 bits per heavy atom. The van der Waals surface area contributed by atoms with Crippen LogP contribution in [0.3, 0.4) is 0 Å². The highest BCUT2D eigenvalue weighted by Gasteiger charge is 2.12. The average molecular weight is 597 g/mol. The van der Waals surface area contributed by atoms with Crippen molar-refractivity contribution in [3.8, 4) is 5.75 Å². The number of aliphatic hydroxyl groups excluding tert-OH is 1. The van der Waals surface area contributed by atoms with Crippen LogP contribution in [0.1, 0.15) is 11.7 Å². The fraction of sp³-hybridized carbons (Fsp3) is 0.217. The highest BCUT2D eigenvalue weighted by Crippen LogP contribution is 2.30. The molecule has 0 aliphatic heterocycles. The average Bonchev–Trinajstić information content (AvgIpc) is 3.10. The summed E-state index contributed by atoms with van der Waals surface area (Å²) in [6, 6.07) is 17.2. The number of sulfonamides is 1. The molecule has 0 radical (unpaired) electrons. The highest BCUT2D eigenvalue weighted by molar-refractivity contribution is 9.10. The number of aromatic amines is 1. The highest BCUT2D eigenvalue weighted by atomic mass is 79.9. The van der Waals surface area contributed by atoms with Crippen molar-refractivity contribution in [2.75, 3.05) is 30.7 Å². The predicted molar refractivity (Wildman–Crippen MR) is 139 cm³/mol. The fourth-order valence-corrected chi connectivity index (χ4v) is 4.98. The number of H-pyrrole nitrogens is 1. The van der Waals surface area contributed by atoms with E-state index in [0.717, 1.165) is 32.9 Å². The SMILES string of the molecule is CS(=O)(=O)Nc1cc([C@H](O)CNCCOc2ccc3c(c2)[nH]c2cc(Br)ccc23)ccc1Br. The van der Waals surface area contributed by atoms with Crippen LogP contribution in [-0.4, -0.2) is 44.5 Å². The molecule has 0 amide bonds. The molecule has 174 valence electrons. The van der Waals surface area contributed by atoms with Crippen LogP contribution in [-0.2, 0) is 10.0 Å². The van der Waals surface area contributed by atoms with Gasteiger partial charge in [-0.3, -0.25) is 4.72 Å². The molecule has 4 aromatic rings. The summed E-state index contributed by atoms with van der Waals surface area (Å²) in [7, 11) is -3.41. The van der Waals surface area contributed by atoms with Crippen LogP contribution in [0.15, 0.2) is 63.5 Å². The Hall–Kier alpha value is -2.11. The van der Waals surface area contributed by atoms with E-state index in [1.807, 2.05) is 24.3 Å². The van der Waals surface area contributed by atoms with Crippen molar-refractivity contribution >= 4 is 69.4 Å². The first-order valence-electron chi connectivity index (χ1n) is 10.2. The molecule has 0 unspecified atom stereocenters. The fourth-order valence-electron chi connectivity index (χ4n) is 3.58. The van der Waals surface area contributed by atoms with Crippen LogP contribution >= 0.6 is 31.9 Å². The summed E-state index contributed by atoms with van der Waals surface area (Å²) in [6.07, 6.45) is 0.291. The van der Waals surface area contributed by atoms with E-state index in [9.17, 15) is 13.5 Å². The number of aromatic nitrogens is 1. The van der Waals surface area contributed by atoms with E-state index >= 15 is 0 Å². The quantitative estimate of drug-likeness (QED) is 0.205. The van der Waals surface area contributed by atoms with Crippen molar-refractivity contribution in [3.63, 3.8) is 0 Å². The van der Waals surface area contributed by atoms with Gasteiger partial charge in [-0.1, -0.05) is 28.1 Å². The lowest BCUT2D eigenvalue weighted by molar-refractivity contribution is 0.172. The number of benzene rings is 3. The Morgan fingerprint density at radius 3 is 2.52 bits per heavy atom. The van der Waals surface area contributed by atoms with Gasteiger partial charge in [-0.25, -0.2) is 8.42 Å². The zero-order valence-electron chi connectivity index (χ0n) is 17.7. The van der Waals surface area contributed by atoms with Crippen molar-refractivity contribution in [1.29, 1.82) is 0 Å². The molecular weight excluding hydrogens is 574 g/mol. The molecule has 0 spiro atoms. The van der Waals surface area contributed by atoms with E-state index in [1.165, 1.54) is 5.39 Å². The summed E-state index contributed by atoms with van der Waals surface area (Å²) in [5, 5.41) is 15.9. The molecule has 33 heavy (non-hydrogen) atoms. The first kappa shape index (κ1) is 24.0. The zero-order valence-corrected chi connectivity index (χ0v) is 21.7. The van der Waals surface area contributed by atoms with Crippen LogP contribution in [0, 0.1) is 0 Å². The van der Waals surface area contributed by atoms with Gasteiger partial charge in [0.05, 0.1) is 23.6 Å². The van der Waals surface area contributed by atoms with Crippen LogP contribution in [0.4, 0.5) is 5.69 Å². The predicted octanol–water partition coefficient (Wildman–Crippen LogP) is 4.92. The number of ether oxygens (including phenoxy) is 1. The molecule has 1 atom stereocenters. The summed E-state index contributed by atoms with van der Waals surface area (Å²) in [4.78, 5) is 3.41. The number of nitrogens with one attached hydrogen (secondary N) is 3. The second kappa shape index (κ2) is 10.0. The Bertz CT molecular complexity index is 1410. The molecule has 0 aliphatic rings. The number of hydrogen-bond donors (Lipinski definition) is 4. The first-order valence-corrected chi connectivity index (χ1v) is 13.7. The zero-order chi connectivity index (χ0) is 23.6. The lowest BCUT2D eigenvalue weighted by Gasteiger charge is -2.15. The van der Waals surface area contributed by atoms with E-state index in [0.29, 0.717) is 35.4 Å². The minimum Gasteiger partial charge on any atom is -0.492 e. The van der Waals surface area contributed by atoms with Gasteiger partial charge in [-0.2, -0.15) is 0 Å². The number of rotatable bonds is 9. The smallest absolute Gasteiger partial charge is 0.229 e. The normalized spacial score (nSPS) is 12.8. The van der Waals surface area contributed by atoms with Gasteiger partial charge in [-0.15, -0.1) is 0 Å². The van der Waals surface area contributed by atoms with Crippen LogP contribution < -0.4 is 14.8 Å². The monoisotopic (exact) mass is 595 g/mol. The van der Waals surface area contributed by atoms with Crippen molar-refractivity contribution in [2.24, 2.45) is 0 Å². The molecule has 4 N–H and O–H groups in total. The number of fused-ring (bicyclic) bond motifs is 3. The summed E-state index contributed by atoms with van der Waals surface area (Å²) >= 11 is 6.81. The molecule has 3 aromatic carbocycles. The molecule has 10 heteroatoms. The topological polar surface area (TPSA) is 103 Å². The van der Waals surface area contributed by atoms with Crippen molar-refractivity contribution in [3.05, 3.63) is 69.1 Å². The number of anilines is 1. The summed E-state index contributed by atoms with van der Waals surface area (Å²) in [5.41, 5.74) is 3.07. The Morgan fingerprint density at radius 1 is 1.03 bits per heavy atom. The van der Waals surface area contributed by atoms with E-state index in [1.54, 1.807) is 18.2 Å². The Balaban J connectivity index is 1.30. The van der Waals surface area contributed by atoms with E-state index < -0.39 is 16.1 Å². The molecule has 7 nitrogen and oxygen atoms in total. The molecule has 0 saturated heterocycles. The molecule has 0 fully saturated rings. The van der Waals surface area contributed by atoms with Crippen LogP contribution in [0.2, 0.25) is 0 Å². The number of aliphatic hydroxyl groups is 1. The summed E-state index contributed by atoms with van der Waals surface area (Å²) < 4.78 is 32.9. The van der Waals surface area contributed by atoms with Gasteiger partial charge in [0.15, 0.2) is 0 Å². The van der Waals surface area contributed by atoms with Gasteiger partial charge in [-0.05, 0) is 57.9 Å². The Kier molecular flexibility index (Phi) is 7.30. The molecule has 4 rings (SSSR count). The molecule has 0 saturated carbocycles. The second-order valence-corrected chi connectivity index (χ2v) is 11.2. The molecule has 1 heterocycles. The number of halogens is 2. The van der Waals surface area contributed by atoms with E-state index in [4.69, 9.17) is 4.74 Å².